The van der Waals surface area contributed by atoms with E-state index in [0.717, 1.165) is 64.3 Å². The maximum Gasteiger partial charge on any atom is 0.490 e. The van der Waals surface area contributed by atoms with Gasteiger partial charge >= 0.3 is 12.1 Å². The highest BCUT2D eigenvalue weighted by Crippen LogP contribution is 2.35. The number of rotatable bonds is 3. The van der Waals surface area contributed by atoms with Crippen molar-refractivity contribution < 1.29 is 32.6 Å². The summed E-state index contributed by atoms with van der Waals surface area (Å²) in [6.07, 6.45) is 0.668. The summed E-state index contributed by atoms with van der Waals surface area (Å²) in [7, 11) is 0. The fourth-order valence-electron chi connectivity index (χ4n) is 4.33. The molecule has 3 heterocycles. The molecule has 35 heavy (non-hydrogen) atoms. The van der Waals surface area contributed by atoms with Gasteiger partial charge in [-0.3, -0.25) is 14.7 Å². The Kier molecular flexibility index (Phi) is 8.85. The number of carbonyl (C=O) groups excluding carboxylic acids is 1. The number of halogens is 3. The number of carboxylic acid groups (broad SMARTS) is 1. The van der Waals surface area contributed by atoms with Crippen LogP contribution in [-0.2, 0) is 16.1 Å². The van der Waals surface area contributed by atoms with Gasteiger partial charge in [-0.05, 0) is 43.5 Å². The summed E-state index contributed by atoms with van der Waals surface area (Å²) in [4.78, 5) is 30.5. The van der Waals surface area contributed by atoms with Gasteiger partial charge in [0.2, 0.25) is 0 Å². The molecule has 2 aromatic rings. The molecule has 1 N–H and O–H groups in total. The van der Waals surface area contributed by atoms with Gasteiger partial charge in [-0.1, -0.05) is 23.8 Å². The van der Waals surface area contributed by atoms with E-state index >= 15 is 0 Å². The van der Waals surface area contributed by atoms with Gasteiger partial charge in [-0.25, -0.2) is 4.79 Å². The molecule has 1 aromatic heterocycles. The van der Waals surface area contributed by atoms with Gasteiger partial charge in [0.25, 0.3) is 5.91 Å². The molecular formula is C25H30F3N3O4. The number of likely N-dealkylation sites (tertiary alicyclic amines) is 1. The number of aliphatic carboxylic acids is 1. The molecule has 0 bridgehead atoms. The number of aromatic nitrogens is 1. The van der Waals surface area contributed by atoms with Crippen LogP contribution in [0.3, 0.4) is 0 Å². The Labute approximate surface area is 202 Å². The van der Waals surface area contributed by atoms with Crippen LogP contribution in [-0.4, -0.2) is 77.3 Å². The van der Waals surface area contributed by atoms with E-state index in [1.807, 2.05) is 54.5 Å². The highest BCUT2D eigenvalue weighted by Gasteiger charge is 2.39. The van der Waals surface area contributed by atoms with Crippen LogP contribution in [0.5, 0.6) is 0 Å². The molecule has 10 heteroatoms. The Morgan fingerprint density at radius 1 is 1.11 bits per heavy atom. The fourth-order valence-corrected chi connectivity index (χ4v) is 4.33. The number of hydrogen-bond donors (Lipinski definition) is 1. The molecule has 4 rings (SSSR count). The monoisotopic (exact) mass is 493 g/mol. The van der Waals surface area contributed by atoms with Gasteiger partial charge in [0.05, 0.1) is 13.2 Å². The smallest absolute Gasteiger partial charge is 0.475 e. The van der Waals surface area contributed by atoms with E-state index in [1.165, 1.54) is 11.1 Å². The number of aryl methyl sites for hydroxylation is 1. The number of piperidine rings is 1. The number of carboxylic acids is 1. The largest absolute Gasteiger partial charge is 0.490 e. The number of alkyl halides is 3. The van der Waals surface area contributed by atoms with Crippen molar-refractivity contribution in [2.45, 2.75) is 32.5 Å². The van der Waals surface area contributed by atoms with Crippen LogP contribution < -0.4 is 0 Å². The van der Waals surface area contributed by atoms with Crippen LogP contribution in [0.4, 0.5) is 13.2 Å². The SMILES string of the molecule is Cc1ccc(C(=O)N2CCC3(CC2)COCCN(Cc2cccnc2)C3)cc1.O=C(O)C(F)(F)F. The summed E-state index contributed by atoms with van der Waals surface area (Å²) >= 11 is 0. The Morgan fingerprint density at radius 2 is 1.77 bits per heavy atom. The molecule has 1 amide bonds. The number of benzene rings is 1. The number of carbonyl (C=O) groups is 2. The third-order valence-corrected chi connectivity index (χ3v) is 6.30. The van der Waals surface area contributed by atoms with Crippen molar-refractivity contribution in [3.05, 3.63) is 65.5 Å². The maximum atomic E-state index is 12.8. The second kappa shape index (κ2) is 11.6. The van der Waals surface area contributed by atoms with Gasteiger partial charge < -0.3 is 14.7 Å². The zero-order valence-electron chi connectivity index (χ0n) is 19.6. The summed E-state index contributed by atoms with van der Waals surface area (Å²) in [5, 5.41) is 7.12. The molecule has 2 saturated heterocycles. The van der Waals surface area contributed by atoms with E-state index in [9.17, 15) is 18.0 Å². The molecular weight excluding hydrogens is 463 g/mol. The first-order chi connectivity index (χ1) is 16.6. The quantitative estimate of drug-likeness (QED) is 0.701. The summed E-state index contributed by atoms with van der Waals surface area (Å²) in [5.74, 6) is -2.61. The lowest BCUT2D eigenvalue weighted by Crippen LogP contribution is -2.48. The molecule has 1 spiro atoms. The van der Waals surface area contributed by atoms with Gasteiger partial charge in [-0.15, -0.1) is 0 Å². The number of nitrogens with zero attached hydrogens (tertiary/aromatic N) is 3. The van der Waals surface area contributed by atoms with Crippen LogP contribution in [0.25, 0.3) is 0 Å². The van der Waals surface area contributed by atoms with Crippen molar-refractivity contribution in [2.75, 3.05) is 39.4 Å². The van der Waals surface area contributed by atoms with Crippen molar-refractivity contribution in [3.8, 4) is 0 Å². The molecule has 0 radical (unpaired) electrons. The van der Waals surface area contributed by atoms with E-state index in [0.29, 0.717) is 0 Å². The minimum Gasteiger partial charge on any atom is -0.475 e. The van der Waals surface area contributed by atoms with Crippen LogP contribution in [0.15, 0.2) is 48.8 Å². The van der Waals surface area contributed by atoms with E-state index < -0.39 is 12.1 Å². The molecule has 0 aliphatic carbocycles. The maximum absolute atomic E-state index is 12.8. The zero-order valence-corrected chi connectivity index (χ0v) is 19.6. The van der Waals surface area contributed by atoms with E-state index in [-0.39, 0.29) is 11.3 Å². The topological polar surface area (TPSA) is 83.0 Å². The van der Waals surface area contributed by atoms with Gasteiger partial charge in [0.15, 0.2) is 0 Å². The second-order valence-electron chi connectivity index (χ2n) is 9.09. The first-order valence-corrected chi connectivity index (χ1v) is 11.4. The summed E-state index contributed by atoms with van der Waals surface area (Å²) in [5.41, 5.74) is 3.35. The van der Waals surface area contributed by atoms with Crippen molar-refractivity contribution in [3.63, 3.8) is 0 Å². The number of hydrogen-bond acceptors (Lipinski definition) is 5. The van der Waals surface area contributed by atoms with Crippen LogP contribution in [0.1, 0.15) is 34.3 Å². The van der Waals surface area contributed by atoms with Gasteiger partial charge in [-0.2, -0.15) is 13.2 Å². The molecule has 0 atom stereocenters. The minimum atomic E-state index is -5.08. The summed E-state index contributed by atoms with van der Waals surface area (Å²) < 4.78 is 37.7. The van der Waals surface area contributed by atoms with Crippen molar-refractivity contribution in [1.29, 1.82) is 0 Å². The molecule has 2 aliphatic heterocycles. The van der Waals surface area contributed by atoms with Crippen LogP contribution >= 0.6 is 0 Å². The highest BCUT2D eigenvalue weighted by molar-refractivity contribution is 5.94. The first kappa shape index (κ1) is 26.6. The molecule has 7 nitrogen and oxygen atoms in total. The Balaban J connectivity index is 0.000000429. The third-order valence-electron chi connectivity index (χ3n) is 6.30. The lowest BCUT2D eigenvalue weighted by atomic mass is 9.78. The van der Waals surface area contributed by atoms with Crippen LogP contribution in [0, 0.1) is 12.3 Å². The number of ether oxygens (including phenoxy) is 1. The molecule has 190 valence electrons. The van der Waals surface area contributed by atoms with Gasteiger partial charge in [0.1, 0.15) is 0 Å². The summed E-state index contributed by atoms with van der Waals surface area (Å²) in [6, 6.07) is 12.0. The molecule has 2 aliphatic rings. The highest BCUT2D eigenvalue weighted by atomic mass is 19.4. The standard InChI is InChI=1S/C23H29N3O2.C2HF3O2/c1-19-4-6-21(7-5-19)22(27)26-11-8-23(9-12-26)17-25(13-14-28-18-23)16-20-3-2-10-24-15-20;3-2(4,5)1(6)7/h2-7,10,15H,8-9,11-14,16-18H2,1H3;(H,6,7). The average molecular weight is 494 g/mol. The lowest BCUT2D eigenvalue weighted by Gasteiger charge is -2.42. The average Bonchev–Trinajstić information content (AvgIpc) is 3.02. The van der Waals surface area contributed by atoms with Crippen molar-refractivity contribution in [2.24, 2.45) is 5.41 Å². The van der Waals surface area contributed by atoms with Crippen LogP contribution in [0.2, 0.25) is 0 Å². The lowest BCUT2D eigenvalue weighted by molar-refractivity contribution is -0.192. The second-order valence-corrected chi connectivity index (χ2v) is 9.09. The van der Waals surface area contributed by atoms with Gasteiger partial charge in [0, 0.05) is 56.1 Å². The Bertz CT molecular complexity index is 976. The molecule has 0 unspecified atom stereocenters. The zero-order chi connectivity index (χ0) is 25.5. The van der Waals surface area contributed by atoms with E-state index in [2.05, 4.69) is 16.0 Å². The van der Waals surface area contributed by atoms with E-state index in [4.69, 9.17) is 14.6 Å². The Morgan fingerprint density at radius 3 is 2.34 bits per heavy atom. The molecule has 2 fully saturated rings. The predicted octanol–water partition coefficient (Wildman–Crippen LogP) is 3.78. The summed E-state index contributed by atoms with van der Waals surface area (Å²) in [6.45, 7) is 8.09. The first-order valence-electron chi connectivity index (χ1n) is 11.4. The minimum absolute atomic E-state index is 0.142. The third kappa shape index (κ3) is 7.76. The van der Waals surface area contributed by atoms with E-state index in [1.54, 1.807) is 0 Å². The molecule has 1 aromatic carbocycles. The normalized spacial score (nSPS) is 18.3. The predicted molar refractivity (Wildman–Crippen MR) is 123 cm³/mol. The Hall–Kier alpha value is -2.98. The molecule has 0 saturated carbocycles. The fraction of sp³-hybridized carbons (Fsp3) is 0.480. The number of amides is 1. The van der Waals surface area contributed by atoms with Crippen molar-refractivity contribution >= 4 is 11.9 Å². The number of pyridine rings is 1. The van der Waals surface area contributed by atoms with Crippen molar-refractivity contribution in [1.82, 2.24) is 14.8 Å².